The zero-order chi connectivity index (χ0) is 18.1. The largest absolute Gasteiger partial charge is 0.493 e. The summed E-state index contributed by atoms with van der Waals surface area (Å²) in [7, 11) is 3.14. The van der Waals surface area contributed by atoms with Gasteiger partial charge < -0.3 is 24.4 Å². The second-order valence-electron chi connectivity index (χ2n) is 5.90. The van der Waals surface area contributed by atoms with Crippen LogP contribution < -0.4 is 14.8 Å². The number of nitrogens with one attached hydrogen (secondary N) is 1. The summed E-state index contributed by atoms with van der Waals surface area (Å²) in [5.74, 6) is 1.09. The molecule has 0 unspecified atom stereocenters. The number of amides is 2. The van der Waals surface area contributed by atoms with Gasteiger partial charge in [-0.05, 0) is 25.0 Å². The second kappa shape index (κ2) is 9.88. The molecule has 7 nitrogen and oxygen atoms in total. The van der Waals surface area contributed by atoms with Crippen LogP contribution in [0.3, 0.4) is 0 Å². The van der Waals surface area contributed by atoms with E-state index < -0.39 is 0 Å². The Morgan fingerprint density at radius 1 is 1.16 bits per heavy atom. The maximum Gasteiger partial charge on any atom is 0.260 e. The molecule has 25 heavy (non-hydrogen) atoms. The summed E-state index contributed by atoms with van der Waals surface area (Å²) in [5, 5.41) is 2.98. The number of para-hydroxylation sites is 2. The van der Waals surface area contributed by atoms with Crippen LogP contribution in [-0.2, 0) is 14.3 Å². The van der Waals surface area contributed by atoms with Crippen LogP contribution in [0, 0.1) is 0 Å². The van der Waals surface area contributed by atoms with Crippen molar-refractivity contribution in [2.45, 2.75) is 25.3 Å². The first-order chi connectivity index (χ1) is 12.1. The fourth-order valence-electron chi connectivity index (χ4n) is 2.74. The zero-order valence-corrected chi connectivity index (χ0v) is 14.8. The summed E-state index contributed by atoms with van der Waals surface area (Å²) < 4.78 is 15.7. The van der Waals surface area contributed by atoms with E-state index >= 15 is 0 Å². The number of nitrogens with zero attached hydrogens (tertiary/aromatic N) is 1. The lowest BCUT2D eigenvalue weighted by atomic mass is 10.0. The van der Waals surface area contributed by atoms with Gasteiger partial charge in [0.05, 0.1) is 13.7 Å². The van der Waals surface area contributed by atoms with Crippen LogP contribution in [0.25, 0.3) is 0 Å². The molecule has 1 fully saturated rings. The van der Waals surface area contributed by atoms with Gasteiger partial charge in [-0.25, -0.2) is 0 Å². The molecule has 1 N–H and O–H groups in total. The highest BCUT2D eigenvalue weighted by molar-refractivity contribution is 5.78. The van der Waals surface area contributed by atoms with E-state index in [1.165, 1.54) is 0 Å². The Bertz CT molecular complexity index is 570. The van der Waals surface area contributed by atoms with E-state index in [1.54, 1.807) is 31.3 Å². The number of ether oxygens (including phenoxy) is 3. The average molecular weight is 350 g/mol. The lowest BCUT2D eigenvalue weighted by Gasteiger charge is -2.32. The lowest BCUT2D eigenvalue weighted by Crippen LogP contribution is -2.47. The zero-order valence-electron chi connectivity index (χ0n) is 14.8. The molecule has 0 aliphatic carbocycles. The van der Waals surface area contributed by atoms with Crippen molar-refractivity contribution in [1.82, 2.24) is 10.2 Å². The Balaban J connectivity index is 1.73. The van der Waals surface area contributed by atoms with Crippen LogP contribution in [0.5, 0.6) is 11.5 Å². The van der Waals surface area contributed by atoms with Crippen molar-refractivity contribution in [3.8, 4) is 11.5 Å². The third-order valence-electron chi connectivity index (χ3n) is 4.17. The SMILES string of the molecule is COCCC(=O)NC1CCN(C(=O)COc2ccccc2OC)CC1. The van der Waals surface area contributed by atoms with Crippen molar-refractivity contribution in [1.29, 1.82) is 0 Å². The summed E-state index contributed by atoms with van der Waals surface area (Å²) in [6.45, 7) is 1.63. The van der Waals surface area contributed by atoms with Gasteiger partial charge in [0.1, 0.15) is 0 Å². The fourth-order valence-corrected chi connectivity index (χ4v) is 2.74. The van der Waals surface area contributed by atoms with E-state index in [0.717, 1.165) is 12.8 Å². The van der Waals surface area contributed by atoms with Crippen molar-refractivity contribution >= 4 is 11.8 Å². The van der Waals surface area contributed by atoms with Crippen molar-refractivity contribution in [3.05, 3.63) is 24.3 Å². The number of carbonyl (C=O) groups excluding carboxylic acids is 2. The molecule has 0 bridgehead atoms. The molecule has 2 rings (SSSR count). The third-order valence-corrected chi connectivity index (χ3v) is 4.17. The van der Waals surface area contributed by atoms with Gasteiger partial charge >= 0.3 is 0 Å². The van der Waals surface area contributed by atoms with Crippen molar-refractivity contribution in [2.24, 2.45) is 0 Å². The highest BCUT2D eigenvalue weighted by atomic mass is 16.5. The predicted octanol–water partition coefficient (Wildman–Crippen LogP) is 1.22. The highest BCUT2D eigenvalue weighted by Gasteiger charge is 2.24. The van der Waals surface area contributed by atoms with Crippen LogP contribution in [0.15, 0.2) is 24.3 Å². The summed E-state index contributed by atoms with van der Waals surface area (Å²) in [4.78, 5) is 25.8. The van der Waals surface area contributed by atoms with Crippen LogP contribution in [0.4, 0.5) is 0 Å². The number of likely N-dealkylation sites (tertiary alicyclic amines) is 1. The van der Waals surface area contributed by atoms with Gasteiger partial charge in [0.25, 0.3) is 5.91 Å². The minimum atomic E-state index is -0.0601. The first-order valence-corrected chi connectivity index (χ1v) is 8.46. The molecule has 138 valence electrons. The van der Waals surface area contributed by atoms with Crippen molar-refractivity contribution in [2.75, 3.05) is 40.5 Å². The maximum absolute atomic E-state index is 12.3. The average Bonchev–Trinajstić information content (AvgIpc) is 2.65. The van der Waals surface area contributed by atoms with E-state index in [9.17, 15) is 9.59 Å². The first kappa shape index (κ1) is 19.1. The Hall–Kier alpha value is -2.28. The number of rotatable bonds is 8. The lowest BCUT2D eigenvalue weighted by molar-refractivity contribution is -0.134. The smallest absolute Gasteiger partial charge is 0.260 e. The Morgan fingerprint density at radius 3 is 2.48 bits per heavy atom. The number of piperidine rings is 1. The monoisotopic (exact) mass is 350 g/mol. The number of benzene rings is 1. The fraction of sp³-hybridized carbons (Fsp3) is 0.556. The van der Waals surface area contributed by atoms with E-state index in [0.29, 0.717) is 37.6 Å². The van der Waals surface area contributed by atoms with Gasteiger partial charge in [-0.1, -0.05) is 12.1 Å². The normalized spacial score (nSPS) is 14.9. The quantitative estimate of drug-likeness (QED) is 0.763. The molecule has 2 amide bonds. The molecular formula is C18H26N2O5. The number of hydrogen-bond acceptors (Lipinski definition) is 5. The van der Waals surface area contributed by atoms with E-state index in [2.05, 4.69) is 5.32 Å². The Kier molecular flexibility index (Phi) is 7.53. The number of methoxy groups -OCH3 is 2. The maximum atomic E-state index is 12.3. The van der Waals surface area contributed by atoms with Gasteiger partial charge in [0.2, 0.25) is 5.91 Å². The topological polar surface area (TPSA) is 77.1 Å². The molecule has 1 aromatic rings. The summed E-state index contributed by atoms with van der Waals surface area (Å²) in [5.41, 5.74) is 0. The standard InChI is InChI=1S/C18H26N2O5/c1-23-12-9-17(21)19-14-7-10-20(11-8-14)18(22)13-25-16-6-4-3-5-15(16)24-2/h3-6,14H,7-13H2,1-2H3,(H,19,21). The molecule has 0 aromatic heterocycles. The Morgan fingerprint density at radius 2 is 1.84 bits per heavy atom. The van der Waals surface area contributed by atoms with Gasteiger partial charge in [-0.3, -0.25) is 9.59 Å². The molecule has 0 saturated carbocycles. The molecule has 1 aromatic carbocycles. The molecular weight excluding hydrogens is 324 g/mol. The molecule has 1 saturated heterocycles. The number of hydrogen-bond donors (Lipinski definition) is 1. The van der Waals surface area contributed by atoms with Crippen LogP contribution in [-0.4, -0.2) is 63.3 Å². The summed E-state index contributed by atoms with van der Waals surface area (Å²) in [6, 6.07) is 7.36. The molecule has 7 heteroatoms. The molecule has 0 spiro atoms. The Labute approximate surface area is 148 Å². The second-order valence-corrected chi connectivity index (χ2v) is 5.90. The minimum absolute atomic E-state index is 0.00821. The summed E-state index contributed by atoms with van der Waals surface area (Å²) in [6.07, 6.45) is 1.86. The van der Waals surface area contributed by atoms with Crippen molar-refractivity contribution in [3.63, 3.8) is 0 Å². The van der Waals surface area contributed by atoms with E-state index in [1.807, 2.05) is 12.1 Å². The first-order valence-electron chi connectivity index (χ1n) is 8.46. The minimum Gasteiger partial charge on any atom is -0.493 e. The molecule has 1 aliphatic rings. The van der Waals surface area contributed by atoms with Gasteiger partial charge in [-0.15, -0.1) is 0 Å². The molecule has 0 atom stereocenters. The predicted molar refractivity (Wildman–Crippen MR) is 92.7 cm³/mol. The molecule has 0 radical (unpaired) electrons. The van der Waals surface area contributed by atoms with Crippen LogP contribution in [0.2, 0.25) is 0 Å². The van der Waals surface area contributed by atoms with Crippen LogP contribution in [0.1, 0.15) is 19.3 Å². The van der Waals surface area contributed by atoms with Gasteiger partial charge in [0.15, 0.2) is 18.1 Å². The molecule has 1 heterocycles. The van der Waals surface area contributed by atoms with Crippen molar-refractivity contribution < 1.29 is 23.8 Å². The third kappa shape index (κ3) is 5.94. The van der Waals surface area contributed by atoms with E-state index in [4.69, 9.17) is 14.2 Å². The molecule has 1 aliphatic heterocycles. The van der Waals surface area contributed by atoms with Gasteiger partial charge in [-0.2, -0.15) is 0 Å². The number of carbonyl (C=O) groups is 2. The van der Waals surface area contributed by atoms with Gasteiger partial charge in [0, 0.05) is 32.7 Å². The highest BCUT2D eigenvalue weighted by Crippen LogP contribution is 2.25. The van der Waals surface area contributed by atoms with E-state index in [-0.39, 0.29) is 24.5 Å². The summed E-state index contributed by atoms with van der Waals surface area (Å²) >= 11 is 0. The van der Waals surface area contributed by atoms with Crippen LogP contribution >= 0.6 is 0 Å².